The lowest BCUT2D eigenvalue weighted by atomic mass is 10.0. The molecule has 15 heavy (non-hydrogen) atoms. The molecule has 0 saturated heterocycles. The van der Waals surface area contributed by atoms with E-state index in [2.05, 4.69) is 42.7 Å². The molecule has 0 aliphatic carbocycles. The third-order valence-corrected chi connectivity index (χ3v) is 2.41. The summed E-state index contributed by atoms with van der Waals surface area (Å²) in [5, 5.41) is 0. The van der Waals surface area contributed by atoms with Gasteiger partial charge < -0.3 is 5.43 Å². The van der Waals surface area contributed by atoms with Crippen LogP contribution in [0.4, 0.5) is 5.69 Å². The van der Waals surface area contributed by atoms with Crippen molar-refractivity contribution in [2.75, 3.05) is 5.43 Å². The summed E-state index contributed by atoms with van der Waals surface area (Å²) in [6, 6.07) is 16.4. The molecule has 0 spiro atoms. The molecule has 0 fully saturated rings. The Balaban J connectivity index is 2.53. The van der Waals surface area contributed by atoms with Gasteiger partial charge in [-0.2, -0.15) is 0 Å². The number of hydrogen-bond acceptors (Lipinski definition) is 2. The van der Waals surface area contributed by atoms with Crippen molar-refractivity contribution >= 4 is 5.69 Å². The number of aryl methyl sites for hydroxylation is 1. The summed E-state index contributed by atoms with van der Waals surface area (Å²) >= 11 is 0. The second-order valence-electron chi connectivity index (χ2n) is 3.56. The average Bonchev–Trinajstić information content (AvgIpc) is 2.29. The maximum Gasteiger partial charge on any atom is 0.0563 e. The van der Waals surface area contributed by atoms with Gasteiger partial charge in [-0.05, 0) is 18.6 Å². The summed E-state index contributed by atoms with van der Waals surface area (Å²) in [5.41, 5.74) is 7.22. The lowest BCUT2D eigenvalue weighted by molar-refractivity contribution is 1.35. The van der Waals surface area contributed by atoms with Crippen molar-refractivity contribution in [2.24, 2.45) is 5.84 Å². The molecule has 0 aromatic heterocycles. The molecule has 0 amide bonds. The Morgan fingerprint density at radius 1 is 1.00 bits per heavy atom. The van der Waals surface area contributed by atoms with Gasteiger partial charge in [0.15, 0.2) is 0 Å². The number of hydrogen-bond donors (Lipinski definition) is 2. The van der Waals surface area contributed by atoms with Crippen molar-refractivity contribution in [3.63, 3.8) is 0 Å². The van der Waals surface area contributed by atoms with Gasteiger partial charge in [0.1, 0.15) is 0 Å². The molecule has 0 heterocycles. The standard InChI is InChI=1S/C13H14N2/c1-10-5-4-6-11(9-10)12-7-2-3-8-13(12)15-14/h2-9,15H,14H2,1H3. The predicted octanol–water partition coefficient (Wildman–Crippen LogP) is 2.95. The Labute approximate surface area is 89.7 Å². The summed E-state index contributed by atoms with van der Waals surface area (Å²) < 4.78 is 0. The third-order valence-electron chi connectivity index (χ3n) is 2.41. The maximum atomic E-state index is 5.48. The molecule has 0 radical (unpaired) electrons. The van der Waals surface area contributed by atoms with Crippen molar-refractivity contribution < 1.29 is 0 Å². The minimum absolute atomic E-state index is 0.947. The molecular weight excluding hydrogens is 184 g/mol. The number of nitrogens with one attached hydrogen (secondary N) is 1. The highest BCUT2D eigenvalue weighted by atomic mass is 15.2. The van der Waals surface area contributed by atoms with Crippen LogP contribution in [0.5, 0.6) is 0 Å². The first-order valence-corrected chi connectivity index (χ1v) is 4.94. The first kappa shape index (κ1) is 9.74. The molecule has 0 aliphatic rings. The van der Waals surface area contributed by atoms with Crippen molar-refractivity contribution in [2.45, 2.75) is 6.92 Å². The van der Waals surface area contributed by atoms with Crippen molar-refractivity contribution in [3.05, 3.63) is 54.1 Å². The fraction of sp³-hybridized carbons (Fsp3) is 0.0769. The second-order valence-corrected chi connectivity index (χ2v) is 3.56. The molecule has 0 atom stereocenters. The van der Waals surface area contributed by atoms with Crippen LogP contribution in [0, 0.1) is 6.92 Å². The van der Waals surface area contributed by atoms with Crippen LogP contribution in [0.3, 0.4) is 0 Å². The highest BCUT2D eigenvalue weighted by Gasteiger charge is 2.02. The van der Waals surface area contributed by atoms with Gasteiger partial charge in [0, 0.05) is 5.56 Å². The molecule has 2 aromatic carbocycles. The lowest BCUT2D eigenvalue weighted by Crippen LogP contribution is -2.07. The van der Waals surface area contributed by atoms with Crippen molar-refractivity contribution in [1.29, 1.82) is 0 Å². The number of anilines is 1. The molecular formula is C13H14N2. The number of para-hydroxylation sites is 1. The molecule has 0 aliphatic heterocycles. The third kappa shape index (κ3) is 2.00. The molecule has 0 unspecified atom stereocenters. The van der Waals surface area contributed by atoms with Crippen LogP contribution in [0.2, 0.25) is 0 Å². The van der Waals surface area contributed by atoms with Gasteiger partial charge in [-0.3, -0.25) is 5.84 Å². The van der Waals surface area contributed by atoms with Gasteiger partial charge in [0.25, 0.3) is 0 Å². The van der Waals surface area contributed by atoms with Gasteiger partial charge in [-0.25, -0.2) is 0 Å². The quantitative estimate of drug-likeness (QED) is 0.575. The van der Waals surface area contributed by atoms with E-state index in [1.54, 1.807) is 0 Å². The molecule has 2 nitrogen and oxygen atoms in total. The van der Waals surface area contributed by atoms with Gasteiger partial charge >= 0.3 is 0 Å². The number of nitrogen functional groups attached to an aromatic ring is 1. The molecule has 2 rings (SSSR count). The van der Waals surface area contributed by atoms with E-state index >= 15 is 0 Å². The first-order valence-electron chi connectivity index (χ1n) is 4.94. The smallest absolute Gasteiger partial charge is 0.0563 e. The molecule has 3 N–H and O–H groups in total. The van der Waals surface area contributed by atoms with E-state index in [1.165, 1.54) is 11.1 Å². The van der Waals surface area contributed by atoms with E-state index in [-0.39, 0.29) is 0 Å². The van der Waals surface area contributed by atoms with Crippen LogP contribution in [0.15, 0.2) is 48.5 Å². The Morgan fingerprint density at radius 2 is 1.80 bits per heavy atom. The van der Waals surface area contributed by atoms with E-state index in [0.717, 1.165) is 11.3 Å². The van der Waals surface area contributed by atoms with Crippen LogP contribution in [-0.4, -0.2) is 0 Å². The fourth-order valence-corrected chi connectivity index (χ4v) is 1.67. The summed E-state index contributed by atoms with van der Waals surface area (Å²) in [7, 11) is 0. The Morgan fingerprint density at radius 3 is 2.53 bits per heavy atom. The van der Waals surface area contributed by atoms with E-state index in [0.29, 0.717) is 0 Å². The molecule has 0 saturated carbocycles. The largest absolute Gasteiger partial charge is 0.324 e. The van der Waals surface area contributed by atoms with Crippen molar-refractivity contribution in [3.8, 4) is 11.1 Å². The SMILES string of the molecule is Cc1cccc(-c2ccccc2NN)c1. The van der Waals surface area contributed by atoms with Crippen molar-refractivity contribution in [1.82, 2.24) is 0 Å². The number of nitrogens with two attached hydrogens (primary N) is 1. The Kier molecular flexibility index (Phi) is 2.70. The number of benzene rings is 2. The highest BCUT2D eigenvalue weighted by molar-refractivity contribution is 5.77. The van der Waals surface area contributed by atoms with E-state index < -0.39 is 0 Å². The fourth-order valence-electron chi connectivity index (χ4n) is 1.67. The number of hydrazine groups is 1. The Hall–Kier alpha value is -1.80. The van der Waals surface area contributed by atoms with E-state index in [1.807, 2.05) is 18.2 Å². The van der Waals surface area contributed by atoms with E-state index in [9.17, 15) is 0 Å². The van der Waals surface area contributed by atoms with Crippen LogP contribution in [-0.2, 0) is 0 Å². The van der Waals surface area contributed by atoms with Gasteiger partial charge in [0.2, 0.25) is 0 Å². The summed E-state index contributed by atoms with van der Waals surface area (Å²) in [6.07, 6.45) is 0. The van der Waals surface area contributed by atoms with Gasteiger partial charge in [-0.15, -0.1) is 0 Å². The average molecular weight is 198 g/mol. The van der Waals surface area contributed by atoms with Crippen LogP contribution < -0.4 is 11.3 Å². The number of rotatable bonds is 2. The monoisotopic (exact) mass is 198 g/mol. The highest BCUT2D eigenvalue weighted by Crippen LogP contribution is 2.27. The summed E-state index contributed by atoms with van der Waals surface area (Å²) in [4.78, 5) is 0. The summed E-state index contributed by atoms with van der Waals surface area (Å²) in [6.45, 7) is 2.09. The van der Waals surface area contributed by atoms with Gasteiger partial charge in [-0.1, -0.05) is 48.0 Å². The normalized spacial score (nSPS) is 10.0. The van der Waals surface area contributed by atoms with Crippen LogP contribution in [0.1, 0.15) is 5.56 Å². The maximum absolute atomic E-state index is 5.48. The minimum Gasteiger partial charge on any atom is -0.324 e. The van der Waals surface area contributed by atoms with E-state index in [4.69, 9.17) is 5.84 Å². The lowest BCUT2D eigenvalue weighted by Gasteiger charge is -2.09. The minimum atomic E-state index is 0.947. The summed E-state index contributed by atoms with van der Waals surface area (Å²) in [5.74, 6) is 5.48. The van der Waals surface area contributed by atoms with Crippen LogP contribution in [0.25, 0.3) is 11.1 Å². The second kappa shape index (κ2) is 4.15. The van der Waals surface area contributed by atoms with Crippen LogP contribution >= 0.6 is 0 Å². The molecule has 0 bridgehead atoms. The zero-order valence-electron chi connectivity index (χ0n) is 8.70. The zero-order chi connectivity index (χ0) is 10.7. The molecule has 76 valence electrons. The molecule has 2 heteroatoms. The Bertz CT molecular complexity index is 464. The predicted molar refractivity (Wildman–Crippen MR) is 64.4 cm³/mol. The van der Waals surface area contributed by atoms with Gasteiger partial charge in [0.05, 0.1) is 5.69 Å². The zero-order valence-corrected chi connectivity index (χ0v) is 8.70. The topological polar surface area (TPSA) is 38.0 Å². The molecule has 2 aromatic rings. The first-order chi connectivity index (χ1) is 7.31.